The number of benzene rings is 1. The lowest BCUT2D eigenvalue weighted by Crippen LogP contribution is -2.22. The highest BCUT2D eigenvalue weighted by Crippen LogP contribution is 2.34. The first-order valence-corrected chi connectivity index (χ1v) is 8.26. The minimum atomic E-state index is -4.52. The molecular weight excluding hydrogens is 329 g/mol. The molecule has 0 saturated carbocycles. The third kappa shape index (κ3) is 6.11. The van der Waals surface area contributed by atoms with E-state index in [4.69, 9.17) is 11.6 Å². The molecule has 1 aromatic carbocycles. The Labute approximate surface area is 126 Å². The molecule has 120 valence electrons. The van der Waals surface area contributed by atoms with Gasteiger partial charge >= 0.3 is 6.18 Å². The third-order valence-electron chi connectivity index (χ3n) is 2.58. The SMILES string of the molecule is CCNCCCS(=O)(=O)Nc1ccc(C(F)(F)F)cc1Cl. The van der Waals surface area contributed by atoms with Crippen LogP contribution in [0.1, 0.15) is 18.9 Å². The molecule has 1 rings (SSSR count). The van der Waals surface area contributed by atoms with Crippen molar-refractivity contribution < 1.29 is 21.6 Å². The summed E-state index contributed by atoms with van der Waals surface area (Å²) in [5.41, 5.74) is -0.990. The van der Waals surface area contributed by atoms with Crippen LogP contribution in [0.5, 0.6) is 0 Å². The molecular formula is C12H16ClF3N2O2S. The zero-order chi connectivity index (χ0) is 16.1. The molecule has 0 aliphatic heterocycles. The van der Waals surface area contributed by atoms with Crippen LogP contribution in [0.15, 0.2) is 18.2 Å². The van der Waals surface area contributed by atoms with E-state index in [1.165, 1.54) is 0 Å². The highest BCUT2D eigenvalue weighted by atomic mass is 35.5. The highest BCUT2D eigenvalue weighted by Gasteiger charge is 2.31. The summed E-state index contributed by atoms with van der Waals surface area (Å²) in [6, 6.07) is 2.48. The molecule has 0 heterocycles. The van der Waals surface area contributed by atoms with Gasteiger partial charge in [-0.2, -0.15) is 13.2 Å². The van der Waals surface area contributed by atoms with Gasteiger partial charge in [0.1, 0.15) is 0 Å². The summed E-state index contributed by atoms with van der Waals surface area (Å²) in [5.74, 6) is -0.142. The maximum Gasteiger partial charge on any atom is 0.416 e. The lowest BCUT2D eigenvalue weighted by atomic mass is 10.2. The van der Waals surface area contributed by atoms with Crippen molar-refractivity contribution in [2.45, 2.75) is 19.5 Å². The fourth-order valence-corrected chi connectivity index (χ4v) is 2.98. The van der Waals surface area contributed by atoms with Crippen LogP contribution < -0.4 is 10.0 Å². The third-order valence-corrected chi connectivity index (χ3v) is 4.25. The minimum absolute atomic E-state index is 0.0619. The fourth-order valence-electron chi connectivity index (χ4n) is 1.56. The van der Waals surface area contributed by atoms with Gasteiger partial charge in [0.15, 0.2) is 0 Å². The molecule has 0 amide bonds. The molecule has 0 atom stereocenters. The number of hydrogen-bond acceptors (Lipinski definition) is 3. The van der Waals surface area contributed by atoms with Gasteiger partial charge < -0.3 is 5.32 Å². The van der Waals surface area contributed by atoms with Crippen molar-refractivity contribution in [2.24, 2.45) is 0 Å². The van der Waals surface area contributed by atoms with Crippen molar-refractivity contribution in [1.82, 2.24) is 5.32 Å². The maximum atomic E-state index is 12.5. The number of sulfonamides is 1. The predicted molar refractivity (Wildman–Crippen MR) is 77.0 cm³/mol. The molecule has 21 heavy (non-hydrogen) atoms. The molecule has 0 aliphatic rings. The van der Waals surface area contributed by atoms with Crippen molar-refractivity contribution in [3.8, 4) is 0 Å². The number of alkyl halides is 3. The van der Waals surface area contributed by atoms with E-state index in [-0.39, 0.29) is 16.5 Å². The van der Waals surface area contributed by atoms with E-state index >= 15 is 0 Å². The lowest BCUT2D eigenvalue weighted by Gasteiger charge is -2.12. The second-order valence-electron chi connectivity index (χ2n) is 4.32. The molecule has 0 saturated heterocycles. The standard InChI is InChI=1S/C12H16ClF3N2O2S/c1-2-17-6-3-7-21(19,20)18-11-5-4-9(8-10(11)13)12(14,15)16/h4-5,8,17-18H,2-3,6-7H2,1H3. The number of halogens is 4. The van der Waals surface area contributed by atoms with Crippen LogP contribution in [0.4, 0.5) is 18.9 Å². The summed E-state index contributed by atoms with van der Waals surface area (Å²) in [7, 11) is -3.64. The van der Waals surface area contributed by atoms with Gasteiger partial charge in [-0.1, -0.05) is 18.5 Å². The zero-order valence-corrected chi connectivity index (χ0v) is 12.9. The first-order valence-electron chi connectivity index (χ1n) is 6.23. The van der Waals surface area contributed by atoms with Gasteiger partial charge in [-0.25, -0.2) is 8.42 Å². The Morgan fingerprint density at radius 2 is 1.95 bits per heavy atom. The van der Waals surface area contributed by atoms with Gasteiger partial charge in [-0.15, -0.1) is 0 Å². The average Bonchev–Trinajstić information content (AvgIpc) is 2.36. The smallest absolute Gasteiger partial charge is 0.317 e. The molecule has 0 unspecified atom stereocenters. The van der Waals surface area contributed by atoms with Gasteiger partial charge in [0.05, 0.1) is 22.0 Å². The van der Waals surface area contributed by atoms with E-state index in [9.17, 15) is 21.6 Å². The van der Waals surface area contributed by atoms with Crippen LogP contribution in [0.3, 0.4) is 0 Å². The number of anilines is 1. The Morgan fingerprint density at radius 1 is 1.29 bits per heavy atom. The van der Waals surface area contributed by atoms with Crippen molar-refractivity contribution in [2.75, 3.05) is 23.6 Å². The quantitative estimate of drug-likeness (QED) is 0.747. The number of hydrogen-bond donors (Lipinski definition) is 2. The van der Waals surface area contributed by atoms with E-state index in [2.05, 4.69) is 10.0 Å². The van der Waals surface area contributed by atoms with Crippen LogP contribution in [0.2, 0.25) is 5.02 Å². The molecule has 0 aliphatic carbocycles. The molecule has 0 radical (unpaired) electrons. The Balaban J connectivity index is 2.74. The summed E-state index contributed by atoms with van der Waals surface area (Å²) in [4.78, 5) is 0. The van der Waals surface area contributed by atoms with Crippen LogP contribution in [-0.2, 0) is 16.2 Å². The van der Waals surface area contributed by atoms with Crippen LogP contribution in [-0.4, -0.2) is 27.3 Å². The molecule has 2 N–H and O–H groups in total. The normalized spacial score (nSPS) is 12.4. The van der Waals surface area contributed by atoms with E-state index in [1.807, 2.05) is 6.92 Å². The number of nitrogens with one attached hydrogen (secondary N) is 2. The fraction of sp³-hybridized carbons (Fsp3) is 0.500. The first kappa shape index (κ1) is 18.1. The average molecular weight is 345 g/mol. The van der Waals surface area contributed by atoms with E-state index in [0.717, 1.165) is 18.7 Å². The summed E-state index contributed by atoms with van der Waals surface area (Å²) in [6.45, 7) is 3.17. The van der Waals surface area contributed by atoms with Crippen LogP contribution >= 0.6 is 11.6 Å². The summed E-state index contributed by atoms with van der Waals surface area (Å²) in [6.07, 6.45) is -4.13. The van der Waals surface area contributed by atoms with Gasteiger partial charge in [0.25, 0.3) is 0 Å². The van der Waals surface area contributed by atoms with Crippen molar-refractivity contribution in [3.63, 3.8) is 0 Å². The van der Waals surface area contributed by atoms with Crippen LogP contribution in [0.25, 0.3) is 0 Å². The number of rotatable bonds is 7. The molecule has 0 spiro atoms. The highest BCUT2D eigenvalue weighted by molar-refractivity contribution is 7.92. The van der Waals surface area contributed by atoms with Crippen molar-refractivity contribution in [1.29, 1.82) is 0 Å². The monoisotopic (exact) mass is 344 g/mol. The van der Waals surface area contributed by atoms with Crippen molar-refractivity contribution >= 4 is 27.3 Å². The van der Waals surface area contributed by atoms with Crippen LogP contribution in [0, 0.1) is 0 Å². The Morgan fingerprint density at radius 3 is 2.48 bits per heavy atom. The second-order valence-corrected chi connectivity index (χ2v) is 6.57. The molecule has 0 bridgehead atoms. The Bertz CT molecular complexity index is 576. The summed E-state index contributed by atoms with van der Waals surface area (Å²) < 4.78 is 63.2. The van der Waals surface area contributed by atoms with Gasteiger partial charge in [0.2, 0.25) is 10.0 Å². The molecule has 0 fully saturated rings. The first-order chi connectivity index (χ1) is 9.65. The topological polar surface area (TPSA) is 58.2 Å². The minimum Gasteiger partial charge on any atom is -0.317 e. The summed E-state index contributed by atoms with van der Waals surface area (Å²) >= 11 is 5.69. The summed E-state index contributed by atoms with van der Waals surface area (Å²) in [5, 5.41) is 2.69. The van der Waals surface area contributed by atoms with Gasteiger partial charge in [0, 0.05) is 0 Å². The second kappa shape index (κ2) is 7.33. The predicted octanol–water partition coefficient (Wildman–Crippen LogP) is 3.10. The Hall–Kier alpha value is -0.990. The molecule has 9 heteroatoms. The van der Waals surface area contributed by atoms with Gasteiger partial charge in [-0.05, 0) is 37.7 Å². The molecule has 1 aromatic rings. The van der Waals surface area contributed by atoms with Crippen molar-refractivity contribution in [3.05, 3.63) is 28.8 Å². The van der Waals surface area contributed by atoms with E-state index in [0.29, 0.717) is 19.0 Å². The largest absolute Gasteiger partial charge is 0.416 e. The van der Waals surface area contributed by atoms with E-state index in [1.54, 1.807) is 0 Å². The molecule has 4 nitrogen and oxygen atoms in total. The lowest BCUT2D eigenvalue weighted by molar-refractivity contribution is -0.137. The van der Waals surface area contributed by atoms with E-state index < -0.39 is 21.8 Å². The van der Waals surface area contributed by atoms with Gasteiger partial charge in [-0.3, -0.25) is 4.72 Å². The zero-order valence-electron chi connectivity index (χ0n) is 11.3. The molecule has 0 aromatic heterocycles. The maximum absolute atomic E-state index is 12.5. The Kier molecular flexibility index (Phi) is 6.30.